The molecule has 0 bridgehead atoms. The Labute approximate surface area is 119 Å². The molecule has 0 saturated heterocycles. The van der Waals surface area contributed by atoms with Gasteiger partial charge in [-0.1, -0.05) is 0 Å². The van der Waals surface area contributed by atoms with Gasteiger partial charge < -0.3 is 5.11 Å². The number of aryl methyl sites for hydroxylation is 1. The van der Waals surface area contributed by atoms with Crippen LogP contribution >= 0.6 is 27.3 Å². The van der Waals surface area contributed by atoms with E-state index in [1.165, 1.54) is 27.0 Å². The molecule has 0 atom stereocenters. The summed E-state index contributed by atoms with van der Waals surface area (Å²) in [4.78, 5) is 11.1. The van der Waals surface area contributed by atoms with E-state index in [2.05, 4.69) is 15.9 Å². The van der Waals surface area contributed by atoms with E-state index in [1.807, 2.05) is 0 Å². The zero-order chi connectivity index (χ0) is 14.3. The van der Waals surface area contributed by atoms with Crippen LogP contribution in [-0.2, 0) is 14.8 Å². The maximum Gasteiger partial charge on any atom is 0.324 e. The van der Waals surface area contributed by atoms with E-state index in [-0.39, 0.29) is 4.21 Å². The number of aliphatic carboxylic acids is 1. The quantitative estimate of drug-likeness (QED) is 0.898. The van der Waals surface area contributed by atoms with Crippen LogP contribution in [0.4, 0.5) is 0 Å². The van der Waals surface area contributed by atoms with E-state index >= 15 is 0 Å². The Morgan fingerprint density at radius 2 is 2.00 bits per heavy atom. The summed E-state index contributed by atoms with van der Waals surface area (Å²) in [5.74, 6) is -1.19. The number of halogens is 1. The lowest BCUT2D eigenvalue weighted by molar-refractivity contribution is -0.145. The van der Waals surface area contributed by atoms with Crippen LogP contribution in [0.15, 0.2) is 14.1 Å². The van der Waals surface area contributed by atoms with Crippen LogP contribution in [-0.4, -0.2) is 36.4 Å². The van der Waals surface area contributed by atoms with Crippen LogP contribution in [0.2, 0.25) is 0 Å². The second-order valence-electron chi connectivity index (χ2n) is 4.36. The summed E-state index contributed by atoms with van der Waals surface area (Å²) >= 11 is 4.33. The number of hydrogen-bond acceptors (Lipinski definition) is 4. The third-order valence-corrected chi connectivity index (χ3v) is 7.38. The standard InChI is InChI=1S/C10H14BrNO4S2/c1-6-5-7(17-8(6)11)18(15,16)12(4)10(2,3)9(13)14/h5H,1-4H3,(H,13,14). The second-order valence-corrected chi connectivity index (χ2v) is 8.93. The SMILES string of the molecule is Cc1cc(S(=O)(=O)N(C)C(C)(C)C(=O)O)sc1Br. The molecule has 0 aliphatic heterocycles. The van der Waals surface area contributed by atoms with Gasteiger partial charge in [-0.05, 0) is 48.3 Å². The zero-order valence-corrected chi connectivity index (χ0v) is 13.6. The summed E-state index contributed by atoms with van der Waals surface area (Å²) in [6.45, 7) is 4.48. The van der Waals surface area contributed by atoms with Gasteiger partial charge in [-0.2, -0.15) is 4.31 Å². The van der Waals surface area contributed by atoms with Gasteiger partial charge in [-0.25, -0.2) is 8.42 Å². The van der Waals surface area contributed by atoms with E-state index in [4.69, 9.17) is 5.11 Å². The van der Waals surface area contributed by atoms with Crippen molar-refractivity contribution in [3.05, 3.63) is 15.4 Å². The molecule has 0 spiro atoms. The number of sulfonamides is 1. The molecule has 1 rings (SSSR count). The Morgan fingerprint density at radius 3 is 2.33 bits per heavy atom. The summed E-state index contributed by atoms with van der Waals surface area (Å²) < 4.78 is 26.3. The molecule has 1 aromatic rings. The molecule has 0 fully saturated rings. The topological polar surface area (TPSA) is 74.7 Å². The largest absolute Gasteiger partial charge is 0.480 e. The Bertz CT molecular complexity index is 557. The highest BCUT2D eigenvalue weighted by molar-refractivity contribution is 9.11. The van der Waals surface area contributed by atoms with E-state index in [9.17, 15) is 13.2 Å². The number of nitrogens with zero attached hydrogens (tertiary/aromatic N) is 1. The van der Waals surface area contributed by atoms with Crippen molar-refractivity contribution >= 4 is 43.3 Å². The number of thiophene rings is 1. The maximum absolute atomic E-state index is 12.3. The molecule has 8 heteroatoms. The summed E-state index contributed by atoms with van der Waals surface area (Å²) in [5.41, 5.74) is -0.691. The van der Waals surface area contributed by atoms with Crippen LogP contribution in [0.25, 0.3) is 0 Å². The number of carboxylic acid groups (broad SMARTS) is 1. The summed E-state index contributed by atoms with van der Waals surface area (Å²) in [6.07, 6.45) is 0. The van der Waals surface area contributed by atoms with Gasteiger partial charge in [-0.3, -0.25) is 4.79 Å². The highest BCUT2D eigenvalue weighted by Gasteiger charge is 2.40. The molecule has 102 valence electrons. The first-order valence-corrected chi connectivity index (χ1v) is 8.04. The zero-order valence-electron chi connectivity index (χ0n) is 10.4. The van der Waals surface area contributed by atoms with Gasteiger partial charge >= 0.3 is 5.97 Å². The lowest BCUT2D eigenvalue weighted by Crippen LogP contribution is -2.50. The fourth-order valence-electron chi connectivity index (χ4n) is 1.13. The van der Waals surface area contributed by atoms with E-state index < -0.39 is 21.5 Å². The number of likely N-dealkylation sites (N-methyl/N-ethyl adjacent to an activating group) is 1. The van der Waals surface area contributed by atoms with Gasteiger partial charge in [0.25, 0.3) is 10.0 Å². The minimum atomic E-state index is -3.80. The van der Waals surface area contributed by atoms with Gasteiger partial charge in [0.15, 0.2) is 0 Å². The van der Waals surface area contributed by atoms with Gasteiger partial charge in [0.05, 0.1) is 3.79 Å². The third-order valence-electron chi connectivity index (χ3n) is 2.76. The molecule has 0 aliphatic carbocycles. The Hall–Kier alpha value is -0.440. The predicted octanol–water partition coefficient (Wildman–Crippen LogP) is 2.30. The Morgan fingerprint density at radius 1 is 1.50 bits per heavy atom. The first kappa shape index (κ1) is 15.6. The van der Waals surface area contributed by atoms with Crippen molar-refractivity contribution in [3.8, 4) is 0 Å². The third kappa shape index (κ3) is 2.61. The van der Waals surface area contributed by atoms with Crippen molar-refractivity contribution in [2.24, 2.45) is 0 Å². The average molecular weight is 356 g/mol. The van der Waals surface area contributed by atoms with E-state index in [0.717, 1.165) is 25.0 Å². The van der Waals surface area contributed by atoms with Crippen molar-refractivity contribution < 1.29 is 18.3 Å². The smallest absolute Gasteiger partial charge is 0.324 e. The van der Waals surface area contributed by atoms with Crippen molar-refractivity contribution in [2.45, 2.75) is 30.5 Å². The van der Waals surface area contributed by atoms with Gasteiger partial charge in [0.2, 0.25) is 0 Å². The molecule has 1 heterocycles. The average Bonchev–Trinajstić information content (AvgIpc) is 2.58. The normalized spacial score (nSPS) is 13.0. The first-order chi connectivity index (χ1) is 8.01. The fourth-order valence-corrected chi connectivity index (χ4v) is 5.00. The van der Waals surface area contributed by atoms with Crippen molar-refractivity contribution in [2.75, 3.05) is 7.05 Å². The lowest BCUT2D eigenvalue weighted by Gasteiger charge is -2.29. The first-order valence-electron chi connectivity index (χ1n) is 4.99. The van der Waals surface area contributed by atoms with Crippen molar-refractivity contribution in [1.29, 1.82) is 0 Å². The highest BCUT2D eigenvalue weighted by Crippen LogP contribution is 2.33. The number of carboxylic acids is 1. The Kier molecular flexibility index (Phi) is 4.26. The maximum atomic E-state index is 12.3. The fraction of sp³-hybridized carbons (Fsp3) is 0.500. The number of rotatable bonds is 4. The van der Waals surface area contributed by atoms with Crippen LogP contribution in [0.1, 0.15) is 19.4 Å². The molecule has 1 N–H and O–H groups in total. The van der Waals surface area contributed by atoms with Gasteiger partial charge in [0.1, 0.15) is 9.75 Å². The summed E-state index contributed by atoms with van der Waals surface area (Å²) in [5, 5.41) is 9.07. The molecule has 0 radical (unpaired) electrons. The molecule has 0 aliphatic rings. The molecule has 0 unspecified atom stereocenters. The molecule has 18 heavy (non-hydrogen) atoms. The van der Waals surface area contributed by atoms with Crippen LogP contribution in [0.5, 0.6) is 0 Å². The molecular weight excluding hydrogens is 342 g/mol. The monoisotopic (exact) mass is 355 g/mol. The van der Waals surface area contributed by atoms with Gasteiger partial charge in [-0.15, -0.1) is 11.3 Å². The minimum absolute atomic E-state index is 0.128. The molecule has 0 aromatic carbocycles. The highest BCUT2D eigenvalue weighted by atomic mass is 79.9. The van der Waals surface area contributed by atoms with E-state index in [1.54, 1.807) is 6.92 Å². The second kappa shape index (κ2) is 4.92. The molecule has 1 aromatic heterocycles. The van der Waals surface area contributed by atoms with Gasteiger partial charge in [0, 0.05) is 7.05 Å². The summed E-state index contributed by atoms with van der Waals surface area (Å²) in [7, 11) is -2.53. The van der Waals surface area contributed by atoms with Crippen molar-refractivity contribution in [3.63, 3.8) is 0 Å². The summed E-state index contributed by atoms with van der Waals surface area (Å²) in [6, 6.07) is 1.53. The lowest BCUT2D eigenvalue weighted by atomic mass is 10.1. The minimum Gasteiger partial charge on any atom is -0.480 e. The predicted molar refractivity (Wildman–Crippen MR) is 73.4 cm³/mol. The molecule has 0 saturated carbocycles. The molecule has 5 nitrogen and oxygen atoms in total. The van der Waals surface area contributed by atoms with E-state index in [0.29, 0.717) is 0 Å². The van der Waals surface area contributed by atoms with Crippen LogP contribution in [0.3, 0.4) is 0 Å². The Balaban J connectivity index is 3.27. The molecular formula is C10H14BrNO4S2. The number of hydrogen-bond donors (Lipinski definition) is 1. The van der Waals surface area contributed by atoms with Crippen LogP contribution < -0.4 is 0 Å². The van der Waals surface area contributed by atoms with Crippen LogP contribution in [0, 0.1) is 6.92 Å². The number of carbonyl (C=O) groups is 1. The molecule has 0 amide bonds. The van der Waals surface area contributed by atoms with Crippen molar-refractivity contribution in [1.82, 2.24) is 4.31 Å².